The minimum Gasteiger partial charge on any atom is -0.0622 e. The summed E-state index contributed by atoms with van der Waals surface area (Å²) in [5, 5.41) is 0. The number of benzene rings is 1. The Morgan fingerprint density at radius 1 is 1.12 bits per heavy atom. The lowest BCUT2D eigenvalue weighted by atomic mass is 9.61. The molecule has 1 aromatic rings. The Labute approximate surface area is 100 Å². The molecule has 1 unspecified atom stereocenters. The summed E-state index contributed by atoms with van der Waals surface area (Å²) in [6.45, 7) is 14.2. The zero-order valence-corrected chi connectivity index (χ0v) is 11.5. The number of fused-ring (bicyclic) bond motifs is 1. The second kappa shape index (κ2) is 3.35. The normalized spacial score (nSPS) is 27.2. The second-order valence-electron chi connectivity index (χ2n) is 6.53. The summed E-state index contributed by atoms with van der Waals surface area (Å²) in [7, 11) is 0. The lowest BCUT2D eigenvalue weighted by Crippen LogP contribution is -2.39. The molecule has 0 heteroatoms. The van der Waals surface area contributed by atoms with E-state index in [0.29, 0.717) is 10.8 Å². The largest absolute Gasteiger partial charge is 0.0622 e. The monoisotopic (exact) mass is 216 g/mol. The van der Waals surface area contributed by atoms with Crippen molar-refractivity contribution in [1.82, 2.24) is 0 Å². The van der Waals surface area contributed by atoms with E-state index < -0.39 is 0 Å². The van der Waals surface area contributed by atoms with Crippen LogP contribution in [0.3, 0.4) is 0 Å². The fraction of sp³-hybridized carbons (Fsp3) is 0.625. The molecule has 0 saturated carbocycles. The van der Waals surface area contributed by atoms with Gasteiger partial charge in [0.15, 0.2) is 0 Å². The van der Waals surface area contributed by atoms with Gasteiger partial charge in [0.05, 0.1) is 0 Å². The average Bonchev–Trinajstić information content (AvgIpc) is 2.38. The molecule has 1 aliphatic rings. The van der Waals surface area contributed by atoms with Gasteiger partial charge in [0.25, 0.3) is 0 Å². The van der Waals surface area contributed by atoms with Gasteiger partial charge in [-0.25, -0.2) is 0 Å². The zero-order valence-electron chi connectivity index (χ0n) is 11.5. The van der Waals surface area contributed by atoms with E-state index in [9.17, 15) is 0 Å². The minimum absolute atomic E-state index is 0.294. The highest BCUT2D eigenvalue weighted by atomic mass is 14.5. The van der Waals surface area contributed by atoms with E-state index in [2.05, 4.69) is 59.7 Å². The maximum absolute atomic E-state index is 2.45. The van der Waals surface area contributed by atoms with Gasteiger partial charge in [0.2, 0.25) is 0 Å². The van der Waals surface area contributed by atoms with Crippen LogP contribution in [0.25, 0.3) is 0 Å². The van der Waals surface area contributed by atoms with E-state index in [1.807, 2.05) is 0 Å². The van der Waals surface area contributed by atoms with E-state index in [-0.39, 0.29) is 0 Å². The standard InChI is InChI=1S/C16H24/c1-11(2)16(6)10-13-8-7-12(3)9-14(13)15(16,4)5/h7-9,11H,10H2,1-6H3. The van der Waals surface area contributed by atoms with Crippen molar-refractivity contribution in [3.05, 3.63) is 34.9 Å². The van der Waals surface area contributed by atoms with Crippen molar-refractivity contribution >= 4 is 0 Å². The molecule has 1 aromatic carbocycles. The molecule has 0 heterocycles. The highest BCUT2D eigenvalue weighted by Gasteiger charge is 2.50. The molecule has 2 rings (SSSR count). The molecule has 16 heavy (non-hydrogen) atoms. The van der Waals surface area contributed by atoms with E-state index in [1.165, 1.54) is 12.0 Å². The van der Waals surface area contributed by atoms with Crippen molar-refractivity contribution in [1.29, 1.82) is 0 Å². The molecule has 0 saturated heterocycles. The molecule has 0 radical (unpaired) electrons. The van der Waals surface area contributed by atoms with Crippen molar-refractivity contribution in [2.45, 2.75) is 53.4 Å². The molecule has 0 N–H and O–H groups in total. The quantitative estimate of drug-likeness (QED) is 0.649. The molecular weight excluding hydrogens is 192 g/mol. The number of hydrogen-bond acceptors (Lipinski definition) is 0. The average molecular weight is 216 g/mol. The Kier molecular flexibility index (Phi) is 2.45. The molecular formula is C16H24. The van der Waals surface area contributed by atoms with Gasteiger partial charge in [0, 0.05) is 0 Å². The minimum atomic E-state index is 0.294. The molecule has 0 aliphatic heterocycles. The SMILES string of the molecule is Cc1ccc2c(c1)C(C)(C)C(C)(C(C)C)C2. The van der Waals surface area contributed by atoms with E-state index >= 15 is 0 Å². The van der Waals surface area contributed by atoms with Crippen LogP contribution >= 0.6 is 0 Å². The van der Waals surface area contributed by atoms with Crippen LogP contribution in [0.1, 0.15) is 51.3 Å². The van der Waals surface area contributed by atoms with Gasteiger partial charge in [0.1, 0.15) is 0 Å². The summed E-state index contributed by atoms with van der Waals surface area (Å²) in [6.07, 6.45) is 1.23. The Bertz CT molecular complexity index is 412. The van der Waals surface area contributed by atoms with Crippen LogP contribution in [0.5, 0.6) is 0 Å². The summed E-state index contributed by atoms with van der Waals surface area (Å²) in [4.78, 5) is 0. The van der Waals surface area contributed by atoms with Gasteiger partial charge in [-0.15, -0.1) is 0 Å². The zero-order chi connectivity index (χ0) is 12.1. The summed E-state index contributed by atoms with van der Waals surface area (Å²) in [6, 6.07) is 6.98. The molecule has 1 aliphatic carbocycles. The number of rotatable bonds is 1. The van der Waals surface area contributed by atoms with Gasteiger partial charge in [-0.3, -0.25) is 0 Å². The molecule has 88 valence electrons. The van der Waals surface area contributed by atoms with Crippen LogP contribution in [0.4, 0.5) is 0 Å². The first-order valence-corrected chi connectivity index (χ1v) is 6.39. The molecule has 0 amide bonds. The van der Waals surface area contributed by atoms with Crippen LogP contribution < -0.4 is 0 Å². The van der Waals surface area contributed by atoms with Gasteiger partial charge in [-0.2, -0.15) is 0 Å². The van der Waals surface area contributed by atoms with Gasteiger partial charge >= 0.3 is 0 Å². The third kappa shape index (κ3) is 1.35. The number of aryl methyl sites for hydroxylation is 1. The first-order chi connectivity index (χ1) is 7.29. The van der Waals surface area contributed by atoms with Crippen molar-refractivity contribution in [3.63, 3.8) is 0 Å². The fourth-order valence-corrected chi connectivity index (χ4v) is 3.28. The second-order valence-corrected chi connectivity index (χ2v) is 6.53. The molecule has 0 nitrogen and oxygen atoms in total. The summed E-state index contributed by atoms with van der Waals surface area (Å²) in [5.74, 6) is 0.718. The third-order valence-corrected chi connectivity index (χ3v) is 5.20. The molecule has 0 aromatic heterocycles. The summed E-state index contributed by atoms with van der Waals surface area (Å²) >= 11 is 0. The highest BCUT2D eigenvalue weighted by Crippen LogP contribution is 2.55. The van der Waals surface area contributed by atoms with Crippen molar-refractivity contribution in [2.75, 3.05) is 0 Å². The highest BCUT2D eigenvalue weighted by molar-refractivity contribution is 5.44. The Balaban J connectivity index is 2.58. The fourth-order valence-electron chi connectivity index (χ4n) is 3.28. The smallest absolute Gasteiger partial charge is 0.00414 e. The summed E-state index contributed by atoms with van der Waals surface area (Å²) in [5.41, 5.74) is 5.21. The molecule has 1 atom stereocenters. The van der Waals surface area contributed by atoms with Crippen molar-refractivity contribution < 1.29 is 0 Å². The van der Waals surface area contributed by atoms with Gasteiger partial charge in [-0.1, -0.05) is 58.4 Å². The van der Waals surface area contributed by atoms with Gasteiger partial charge in [-0.05, 0) is 41.2 Å². The van der Waals surface area contributed by atoms with Crippen LogP contribution in [0.2, 0.25) is 0 Å². The first-order valence-electron chi connectivity index (χ1n) is 6.39. The van der Waals surface area contributed by atoms with Crippen molar-refractivity contribution in [3.8, 4) is 0 Å². The predicted octanol–water partition coefficient (Wildman–Crippen LogP) is 4.49. The maximum Gasteiger partial charge on any atom is -0.00414 e. The van der Waals surface area contributed by atoms with Crippen molar-refractivity contribution in [2.24, 2.45) is 11.3 Å². The topological polar surface area (TPSA) is 0 Å². The Hall–Kier alpha value is -0.780. The van der Waals surface area contributed by atoms with Crippen LogP contribution in [0.15, 0.2) is 18.2 Å². The third-order valence-electron chi connectivity index (χ3n) is 5.20. The maximum atomic E-state index is 2.45. The first kappa shape index (κ1) is 11.7. The lowest BCUT2D eigenvalue weighted by Gasteiger charge is -2.42. The Morgan fingerprint density at radius 2 is 1.75 bits per heavy atom. The van der Waals surface area contributed by atoms with E-state index in [1.54, 1.807) is 11.1 Å². The predicted molar refractivity (Wildman–Crippen MR) is 70.9 cm³/mol. The summed E-state index contributed by atoms with van der Waals surface area (Å²) < 4.78 is 0. The van der Waals surface area contributed by atoms with Crippen LogP contribution in [0, 0.1) is 18.3 Å². The van der Waals surface area contributed by atoms with E-state index in [4.69, 9.17) is 0 Å². The lowest BCUT2D eigenvalue weighted by molar-refractivity contribution is 0.123. The molecule has 0 fully saturated rings. The molecule has 0 bridgehead atoms. The Morgan fingerprint density at radius 3 is 2.31 bits per heavy atom. The van der Waals surface area contributed by atoms with Gasteiger partial charge < -0.3 is 0 Å². The van der Waals surface area contributed by atoms with E-state index in [0.717, 1.165) is 5.92 Å². The molecule has 0 spiro atoms. The van der Waals surface area contributed by atoms with Crippen LogP contribution in [-0.4, -0.2) is 0 Å². The number of hydrogen-bond donors (Lipinski definition) is 0. The van der Waals surface area contributed by atoms with Crippen LogP contribution in [-0.2, 0) is 11.8 Å².